The molecule has 174 valence electrons. The van der Waals surface area contributed by atoms with Crippen LogP contribution in [0.1, 0.15) is 30.4 Å². The lowest BCUT2D eigenvalue weighted by atomic mass is 10.1. The number of methoxy groups -OCH3 is 1. The van der Waals surface area contributed by atoms with Gasteiger partial charge in [0.2, 0.25) is 0 Å². The third-order valence-electron chi connectivity index (χ3n) is 5.75. The summed E-state index contributed by atoms with van der Waals surface area (Å²) in [5.74, 6) is 1.34. The Balaban J connectivity index is 1.37. The van der Waals surface area contributed by atoms with Gasteiger partial charge in [-0.05, 0) is 72.9 Å². The number of hydrogen-bond donors (Lipinski definition) is 1. The highest BCUT2D eigenvalue weighted by Gasteiger charge is 2.14. The van der Waals surface area contributed by atoms with Crippen LogP contribution >= 0.6 is 34.8 Å². The molecular weight excluding hydrogens is 479 g/mol. The summed E-state index contributed by atoms with van der Waals surface area (Å²) in [6, 6.07) is 17.6. The molecule has 0 spiro atoms. The van der Waals surface area contributed by atoms with Gasteiger partial charge < -0.3 is 19.7 Å². The molecule has 1 aliphatic rings. The van der Waals surface area contributed by atoms with Crippen molar-refractivity contribution >= 4 is 46.2 Å². The standard InChI is InChI=1S/C26H27Cl3N2O2/c1-32-26-14-18(6-10-25(26)33-17-19-5-8-21(27)22(28)13-19)16-30-20-7-9-24(23(29)15-20)31-11-3-2-4-12-31/h5-10,13-15,30H,2-4,11-12,16-17H2,1H3. The van der Waals surface area contributed by atoms with E-state index in [0.29, 0.717) is 34.7 Å². The lowest BCUT2D eigenvalue weighted by Gasteiger charge is -2.29. The molecule has 1 heterocycles. The number of rotatable bonds is 8. The maximum absolute atomic E-state index is 6.58. The van der Waals surface area contributed by atoms with Crippen LogP contribution in [-0.4, -0.2) is 20.2 Å². The zero-order valence-corrected chi connectivity index (χ0v) is 20.8. The van der Waals surface area contributed by atoms with Gasteiger partial charge in [-0.3, -0.25) is 0 Å². The van der Waals surface area contributed by atoms with Crippen LogP contribution in [0, 0.1) is 0 Å². The fourth-order valence-electron chi connectivity index (χ4n) is 3.94. The number of benzene rings is 3. The molecule has 0 bridgehead atoms. The van der Waals surface area contributed by atoms with Gasteiger partial charge in [-0.15, -0.1) is 0 Å². The summed E-state index contributed by atoms with van der Waals surface area (Å²) in [7, 11) is 1.64. The quantitative estimate of drug-likeness (QED) is 0.338. The fourth-order valence-corrected chi connectivity index (χ4v) is 4.56. The summed E-state index contributed by atoms with van der Waals surface area (Å²) in [5, 5.41) is 5.26. The lowest BCUT2D eigenvalue weighted by Crippen LogP contribution is -2.29. The number of nitrogens with zero attached hydrogens (tertiary/aromatic N) is 1. The van der Waals surface area contributed by atoms with E-state index >= 15 is 0 Å². The first-order chi connectivity index (χ1) is 16.0. The van der Waals surface area contributed by atoms with E-state index in [-0.39, 0.29) is 0 Å². The van der Waals surface area contributed by atoms with Gasteiger partial charge in [-0.25, -0.2) is 0 Å². The largest absolute Gasteiger partial charge is 0.493 e. The minimum absolute atomic E-state index is 0.368. The average molecular weight is 506 g/mol. The van der Waals surface area contributed by atoms with E-state index in [9.17, 15) is 0 Å². The SMILES string of the molecule is COc1cc(CNc2ccc(N3CCCCC3)c(Cl)c2)ccc1OCc1ccc(Cl)c(Cl)c1. The first kappa shape index (κ1) is 23.9. The molecule has 0 aromatic heterocycles. The van der Waals surface area contributed by atoms with Gasteiger partial charge in [-0.2, -0.15) is 0 Å². The molecule has 1 fully saturated rings. The highest BCUT2D eigenvalue weighted by atomic mass is 35.5. The van der Waals surface area contributed by atoms with Crippen LogP contribution < -0.4 is 19.7 Å². The molecule has 0 amide bonds. The Morgan fingerprint density at radius 3 is 2.30 bits per heavy atom. The average Bonchev–Trinajstić information content (AvgIpc) is 2.84. The first-order valence-electron chi connectivity index (χ1n) is 11.1. The van der Waals surface area contributed by atoms with Crippen LogP contribution in [0.25, 0.3) is 0 Å². The second-order valence-electron chi connectivity index (χ2n) is 8.09. The van der Waals surface area contributed by atoms with E-state index in [1.807, 2.05) is 30.3 Å². The van der Waals surface area contributed by atoms with Crippen molar-refractivity contribution in [2.24, 2.45) is 0 Å². The molecule has 4 rings (SSSR count). The van der Waals surface area contributed by atoms with Crippen LogP contribution in [-0.2, 0) is 13.2 Å². The van der Waals surface area contributed by atoms with Gasteiger partial charge in [0.15, 0.2) is 11.5 Å². The van der Waals surface area contributed by atoms with Gasteiger partial charge in [0, 0.05) is 25.3 Å². The molecule has 33 heavy (non-hydrogen) atoms. The summed E-state index contributed by atoms with van der Waals surface area (Å²) < 4.78 is 11.5. The van der Waals surface area contributed by atoms with Crippen LogP contribution in [0.5, 0.6) is 11.5 Å². The van der Waals surface area contributed by atoms with E-state index in [1.54, 1.807) is 19.2 Å². The minimum Gasteiger partial charge on any atom is -0.493 e. The summed E-state index contributed by atoms with van der Waals surface area (Å²) in [4.78, 5) is 2.37. The van der Waals surface area contributed by atoms with Crippen LogP contribution in [0.15, 0.2) is 54.6 Å². The maximum atomic E-state index is 6.58. The van der Waals surface area contributed by atoms with Crippen molar-refractivity contribution in [3.05, 3.63) is 80.8 Å². The van der Waals surface area contributed by atoms with Crippen molar-refractivity contribution in [1.82, 2.24) is 0 Å². The van der Waals surface area contributed by atoms with Crippen molar-refractivity contribution < 1.29 is 9.47 Å². The minimum atomic E-state index is 0.368. The van der Waals surface area contributed by atoms with Crippen molar-refractivity contribution in [3.63, 3.8) is 0 Å². The summed E-state index contributed by atoms with van der Waals surface area (Å²) in [5.41, 5.74) is 4.11. The van der Waals surface area contributed by atoms with Crippen LogP contribution in [0.4, 0.5) is 11.4 Å². The number of anilines is 2. The molecule has 4 nitrogen and oxygen atoms in total. The van der Waals surface area contributed by atoms with E-state index in [1.165, 1.54) is 19.3 Å². The monoisotopic (exact) mass is 504 g/mol. The number of ether oxygens (including phenoxy) is 2. The Morgan fingerprint density at radius 2 is 1.58 bits per heavy atom. The maximum Gasteiger partial charge on any atom is 0.161 e. The first-order valence-corrected chi connectivity index (χ1v) is 12.2. The zero-order chi connectivity index (χ0) is 23.2. The van der Waals surface area contributed by atoms with E-state index in [4.69, 9.17) is 44.3 Å². The predicted octanol–water partition coefficient (Wildman–Crippen LogP) is 7.84. The molecule has 0 radical (unpaired) electrons. The fraction of sp³-hybridized carbons (Fsp3) is 0.308. The number of nitrogens with one attached hydrogen (secondary N) is 1. The second-order valence-corrected chi connectivity index (χ2v) is 9.31. The van der Waals surface area contributed by atoms with Crippen LogP contribution in [0.3, 0.4) is 0 Å². The lowest BCUT2D eigenvalue weighted by molar-refractivity contribution is 0.284. The van der Waals surface area contributed by atoms with Crippen molar-refractivity contribution in [2.75, 3.05) is 30.4 Å². The Hall–Kier alpha value is -2.27. The third-order valence-corrected chi connectivity index (χ3v) is 6.79. The van der Waals surface area contributed by atoms with Crippen molar-refractivity contribution in [3.8, 4) is 11.5 Å². The van der Waals surface area contributed by atoms with Gasteiger partial charge >= 0.3 is 0 Å². The van der Waals surface area contributed by atoms with Crippen LogP contribution in [0.2, 0.25) is 15.1 Å². The van der Waals surface area contributed by atoms with Gasteiger partial charge in [-0.1, -0.05) is 46.9 Å². The molecule has 0 unspecified atom stereocenters. The van der Waals surface area contributed by atoms with Gasteiger partial charge in [0.25, 0.3) is 0 Å². The highest BCUT2D eigenvalue weighted by Crippen LogP contribution is 2.32. The summed E-state index contributed by atoms with van der Waals surface area (Å²) in [6.07, 6.45) is 3.76. The van der Waals surface area contributed by atoms with E-state index < -0.39 is 0 Å². The third kappa shape index (κ3) is 6.20. The highest BCUT2D eigenvalue weighted by molar-refractivity contribution is 6.42. The van der Waals surface area contributed by atoms with Gasteiger partial charge in [0.1, 0.15) is 6.61 Å². The molecule has 0 aliphatic carbocycles. The second kappa shape index (κ2) is 11.2. The van der Waals surface area contributed by atoms with E-state index in [0.717, 1.165) is 40.6 Å². The molecule has 1 saturated heterocycles. The zero-order valence-electron chi connectivity index (χ0n) is 18.5. The summed E-state index contributed by atoms with van der Waals surface area (Å²) in [6.45, 7) is 3.16. The topological polar surface area (TPSA) is 33.7 Å². The Bertz CT molecular complexity index is 1100. The predicted molar refractivity (Wildman–Crippen MR) is 139 cm³/mol. The normalized spacial score (nSPS) is 13.6. The molecule has 1 aliphatic heterocycles. The number of hydrogen-bond acceptors (Lipinski definition) is 4. The van der Waals surface area contributed by atoms with E-state index in [2.05, 4.69) is 22.3 Å². The molecule has 3 aromatic carbocycles. The number of halogens is 3. The molecule has 1 N–H and O–H groups in total. The van der Waals surface area contributed by atoms with Crippen molar-refractivity contribution in [2.45, 2.75) is 32.4 Å². The Kier molecular flexibility index (Phi) is 8.13. The van der Waals surface area contributed by atoms with Crippen molar-refractivity contribution in [1.29, 1.82) is 0 Å². The molecule has 0 atom stereocenters. The molecular formula is C26H27Cl3N2O2. The summed E-state index contributed by atoms with van der Waals surface area (Å²) >= 11 is 18.7. The molecule has 0 saturated carbocycles. The number of piperidine rings is 1. The molecule has 7 heteroatoms. The smallest absolute Gasteiger partial charge is 0.161 e. The Labute approximate surface area is 210 Å². The molecule has 3 aromatic rings. The van der Waals surface area contributed by atoms with Gasteiger partial charge in [0.05, 0.1) is 27.9 Å². The Morgan fingerprint density at radius 1 is 0.788 bits per heavy atom.